The molecule has 1 aliphatic rings. The van der Waals surface area contributed by atoms with E-state index in [1.165, 1.54) is 6.20 Å². The molecule has 0 spiro atoms. The maximum absolute atomic E-state index is 12.1. The second-order valence-corrected chi connectivity index (χ2v) is 7.84. The zero-order chi connectivity index (χ0) is 20.0. The van der Waals surface area contributed by atoms with Crippen molar-refractivity contribution in [3.05, 3.63) is 54.9 Å². The molecule has 29 heavy (non-hydrogen) atoms. The third-order valence-corrected chi connectivity index (χ3v) is 6.23. The van der Waals surface area contributed by atoms with Crippen LogP contribution in [-0.4, -0.2) is 31.6 Å². The highest BCUT2D eigenvalue weighted by Crippen LogP contribution is 2.52. The minimum absolute atomic E-state index is 0.347. The Morgan fingerprint density at radius 2 is 1.90 bits per heavy atom. The van der Waals surface area contributed by atoms with Crippen molar-refractivity contribution >= 4 is 43.4 Å². The minimum atomic E-state index is -1.34. The van der Waals surface area contributed by atoms with Gasteiger partial charge in [0.2, 0.25) is 10.8 Å². The van der Waals surface area contributed by atoms with Crippen molar-refractivity contribution in [2.45, 2.75) is 0 Å². The van der Waals surface area contributed by atoms with E-state index in [9.17, 15) is 14.7 Å². The second-order valence-electron chi connectivity index (χ2n) is 6.08. The molecule has 2 amide bonds. The summed E-state index contributed by atoms with van der Waals surface area (Å²) in [6, 6.07) is 11.5. The molecule has 1 atom stereocenters. The van der Waals surface area contributed by atoms with Crippen molar-refractivity contribution in [1.29, 1.82) is 0 Å². The molecule has 1 aliphatic heterocycles. The number of aromatic nitrogens is 3. The van der Waals surface area contributed by atoms with Crippen LogP contribution in [0.2, 0.25) is 0 Å². The maximum Gasteiger partial charge on any atom is 0.554 e. The van der Waals surface area contributed by atoms with E-state index in [2.05, 4.69) is 25.8 Å². The number of carbonyl (C=O) groups excluding carboxylic acids is 1. The molecule has 4 aromatic rings. The van der Waals surface area contributed by atoms with Crippen molar-refractivity contribution in [3.8, 4) is 22.1 Å². The van der Waals surface area contributed by atoms with Crippen molar-refractivity contribution in [1.82, 2.24) is 15.2 Å². The van der Waals surface area contributed by atoms with E-state index in [0.29, 0.717) is 43.7 Å². The number of hydrogen-bond donors (Lipinski definition) is 3. The normalized spacial score (nSPS) is 13.0. The van der Waals surface area contributed by atoms with Gasteiger partial charge in [-0.05, 0) is 36.4 Å². The molecule has 0 radical (unpaired) electrons. The number of carboxylic acid groups (broad SMARTS) is 1. The number of urea groups is 1. The van der Waals surface area contributed by atoms with Gasteiger partial charge in [0.15, 0.2) is 0 Å². The Morgan fingerprint density at radius 3 is 2.62 bits per heavy atom. The van der Waals surface area contributed by atoms with E-state index >= 15 is 0 Å². The summed E-state index contributed by atoms with van der Waals surface area (Å²) in [6.45, 7) is 0. The van der Waals surface area contributed by atoms with Gasteiger partial charge >= 0.3 is 11.3 Å². The lowest BCUT2D eigenvalue weighted by atomic mass is 10.1. The fraction of sp³-hybridized carbons (Fsp3) is 0. The van der Waals surface area contributed by atoms with Crippen molar-refractivity contribution in [2.75, 3.05) is 10.6 Å². The summed E-state index contributed by atoms with van der Waals surface area (Å²) < 4.78 is 5.64. The molecule has 0 saturated heterocycles. The molecule has 0 bridgehead atoms. The number of anilines is 2. The average Bonchev–Trinajstić information content (AvgIpc) is 3.05. The van der Waals surface area contributed by atoms with Crippen molar-refractivity contribution in [3.63, 3.8) is 0 Å². The lowest BCUT2D eigenvalue weighted by Gasteiger charge is -2.13. The zero-order valence-corrected chi connectivity index (χ0v) is 15.4. The topological polar surface area (TPSA) is 126 Å². The third kappa shape index (κ3) is 2.82. The summed E-state index contributed by atoms with van der Waals surface area (Å²) in [5.74, 6) is 0.874. The summed E-state index contributed by atoms with van der Waals surface area (Å²) >= 11 is 0. The number of benzene rings is 1. The highest BCUT2D eigenvalue weighted by atomic mass is 32.2. The molecule has 3 aromatic heterocycles. The molecule has 142 valence electrons. The molecule has 0 aliphatic carbocycles. The van der Waals surface area contributed by atoms with Gasteiger partial charge in [0.1, 0.15) is 27.3 Å². The van der Waals surface area contributed by atoms with Crippen LogP contribution in [-0.2, 0) is 0 Å². The second kappa shape index (κ2) is 6.53. The Bertz CT molecular complexity index is 1270. The van der Waals surface area contributed by atoms with Gasteiger partial charge in [0, 0.05) is 24.0 Å². The average molecular weight is 406 g/mol. The predicted octanol–water partition coefficient (Wildman–Crippen LogP) is 4.72. The van der Waals surface area contributed by atoms with Crippen LogP contribution in [0.5, 0.6) is 11.6 Å². The number of rotatable bonds is 4. The molecule has 9 nitrogen and oxygen atoms in total. The summed E-state index contributed by atoms with van der Waals surface area (Å²) in [4.78, 5) is 29.4. The van der Waals surface area contributed by atoms with Gasteiger partial charge in [-0.25, -0.2) is 9.78 Å². The number of thiophene rings is 1. The van der Waals surface area contributed by atoms with E-state index in [-0.39, 0.29) is 0 Å². The minimum Gasteiger partial charge on any atom is -0.438 e. The molecular formula is C19H12N5O4S+. The van der Waals surface area contributed by atoms with Crippen LogP contribution in [0.3, 0.4) is 0 Å². The number of pyridine rings is 1. The van der Waals surface area contributed by atoms with Crippen LogP contribution in [0.1, 0.15) is 0 Å². The largest absolute Gasteiger partial charge is 0.554 e. The summed E-state index contributed by atoms with van der Waals surface area (Å²) in [5.41, 5.74) is 1.67. The Kier molecular flexibility index (Phi) is 3.85. The first-order valence-corrected chi connectivity index (χ1v) is 9.69. The number of carbonyl (C=O) groups is 2. The smallest absolute Gasteiger partial charge is 0.438 e. The van der Waals surface area contributed by atoms with Crippen LogP contribution in [0.25, 0.3) is 20.7 Å². The molecule has 0 fully saturated rings. The molecule has 1 aromatic carbocycles. The molecule has 5 rings (SSSR count). The lowest BCUT2D eigenvalue weighted by Crippen LogP contribution is -2.23. The first-order chi connectivity index (χ1) is 14.1. The van der Waals surface area contributed by atoms with Crippen LogP contribution in [0.4, 0.5) is 21.0 Å². The van der Waals surface area contributed by atoms with Gasteiger partial charge in [-0.15, -0.1) is 5.10 Å². The van der Waals surface area contributed by atoms with E-state index in [4.69, 9.17) is 4.74 Å². The lowest BCUT2D eigenvalue weighted by molar-refractivity contribution is 0.221. The Labute approximate surface area is 166 Å². The van der Waals surface area contributed by atoms with Crippen molar-refractivity contribution in [2.24, 2.45) is 0 Å². The van der Waals surface area contributed by atoms with Crippen molar-refractivity contribution < 1.29 is 19.4 Å². The number of ether oxygens (including phenoxy) is 1. The zero-order valence-electron chi connectivity index (χ0n) is 14.6. The van der Waals surface area contributed by atoms with Crippen LogP contribution in [0.15, 0.2) is 54.9 Å². The fourth-order valence-corrected chi connectivity index (χ4v) is 5.06. The highest BCUT2D eigenvalue weighted by Gasteiger charge is 2.39. The highest BCUT2D eigenvalue weighted by molar-refractivity contribution is 7.57. The van der Waals surface area contributed by atoms with Crippen LogP contribution in [0, 0.1) is 0 Å². The third-order valence-electron chi connectivity index (χ3n) is 4.34. The maximum atomic E-state index is 12.1. The van der Waals surface area contributed by atoms with Gasteiger partial charge in [-0.3, -0.25) is 0 Å². The summed E-state index contributed by atoms with van der Waals surface area (Å²) in [5, 5.41) is 22.6. The van der Waals surface area contributed by atoms with E-state index in [1.54, 1.807) is 48.7 Å². The monoisotopic (exact) mass is 406 g/mol. The first kappa shape index (κ1) is 17.1. The number of nitrogens with one attached hydrogen (secondary N) is 2. The number of hydrogen-bond acceptors (Lipinski definition) is 6. The van der Waals surface area contributed by atoms with Crippen LogP contribution < -0.4 is 15.4 Å². The van der Waals surface area contributed by atoms with Gasteiger partial charge in [0.05, 0.1) is 5.69 Å². The fourth-order valence-electron chi connectivity index (χ4n) is 3.21. The SMILES string of the molecule is O=C1Nc2ccnc3c2c(c(-c2ccc(Oc4cccnn4)cc2)[s+]3C(=O)O)N1. The molecule has 1 unspecified atom stereocenters. The molecule has 4 heterocycles. The van der Waals surface area contributed by atoms with Crippen LogP contribution >= 0.6 is 10.5 Å². The molecule has 3 N–H and O–H groups in total. The summed E-state index contributed by atoms with van der Waals surface area (Å²) in [6.07, 6.45) is 3.05. The quantitative estimate of drug-likeness (QED) is 0.419. The summed E-state index contributed by atoms with van der Waals surface area (Å²) in [7, 11) is -1.34. The number of amides is 2. The molecule has 0 saturated carbocycles. The van der Waals surface area contributed by atoms with E-state index < -0.39 is 21.8 Å². The van der Waals surface area contributed by atoms with E-state index in [0.717, 1.165) is 0 Å². The Balaban J connectivity index is 1.64. The van der Waals surface area contributed by atoms with Gasteiger partial charge in [0.25, 0.3) is 4.83 Å². The van der Waals surface area contributed by atoms with Gasteiger partial charge in [-0.1, -0.05) is 0 Å². The molecule has 10 heteroatoms. The first-order valence-electron chi connectivity index (χ1n) is 8.46. The van der Waals surface area contributed by atoms with Gasteiger partial charge < -0.3 is 20.5 Å². The Hall–Kier alpha value is -4.05. The van der Waals surface area contributed by atoms with Gasteiger partial charge in [-0.2, -0.15) is 9.89 Å². The molecular weight excluding hydrogens is 394 g/mol. The predicted molar refractivity (Wildman–Crippen MR) is 108 cm³/mol. The van der Waals surface area contributed by atoms with E-state index in [1.807, 2.05) is 0 Å². The standard InChI is InChI=1S/C19H11N5O4S/c25-18-22-12-7-9-20-17-14(12)15(23-18)16(29(17)19(26)27)10-3-5-11(6-4-10)28-13-2-1-8-21-24-13/h1-9H,(H2-,20,22,23,25,26,27)/p+1. The Morgan fingerprint density at radius 1 is 1.07 bits per heavy atom. The number of nitrogens with zero attached hydrogens (tertiary/aromatic N) is 3.